The van der Waals surface area contributed by atoms with Crippen LogP contribution in [0.25, 0.3) is 0 Å². The van der Waals surface area contributed by atoms with Crippen molar-refractivity contribution in [3.8, 4) is 0 Å². The maximum Gasteiger partial charge on any atom is 0.303 e. The summed E-state index contributed by atoms with van der Waals surface area (Å²) < 4.78 is 26.0. The summed E-state index contributed by atoms with van der Waals surface area (Å²) in [6, 6.07) is 0. The zero-order valence-electron chi connectivity index (χ0n) is 30.4. The quantitative estimate of drug-likeness (QED) is 0.0600. The van der Waals surface area contributed by atoms with Crippen LogP contribution in [0.2, 0.25) is 0 Å². The number of unbranched alkanes of at least 4 members (excludes halogenated alkanes) is 6. The highest BCUT2D eigenvalue weighted by atomic mass is 16.7. The highest BCUT2D eigenvalue weighted by Crippen LogP contribution is 2.23. The molecule has 2 aliphatic heterocycles. The lowest BCUT2D eigenvalue weighted by atomic mass is 10.0. The molecule has 19 nitrogen and oxygen atoms in total. The van der Waals surface area contributed by atoms with Gasteiger partial charge in [-0.15, -0.1) is 10.2 Å². The first-order valence-electron chi connectivity index (χ1n) is 18.9. The highest BCUT2D eigenvalue weighted by Gasteiger charge is 2.37. The van der Waals surface area contributed by atoms with Gasteiger partial charge in [-0.05, 0) is 57.9 Å². The lowest BCUT2D eigenvalue weighted by Gasteiger charge is -2.36. The average Bonchev–Trinajstić information content (AvgIpc) is 3.79. The number of aliphatic hydroxyl groups is 6. The van der Waals surface area contributed by atoms with Crippen molar-refractivity contribution >= 4 is 5.97 Å². The number of aliphatic hydroxyl groups excluding tert-OH is 6. The number of aliphatic carboxylic acids is 1. The maximum absolute atomic E-state index is 10.9. The fraction of sp³-hybridized carbons (Fsp3) is 0.853. The third kappa shape index (κ3) is 15.2. The van der Waals surface area contributed by atoms with Crippen LogP contribution in [0.15, 0.2) is 12.4 Å². The molecule has 7 N–H and O–H groups in total. The number of aromatic nitrogens is 6. The number of carboxylic acid groups (broad SMARTS) is 1. The number of hydrogen-bond donors (Lipinski definition) is 7. The zero-order chi connectivity index (χ0) is 38.0. The monoisotopic (exact) mass is 757 g/mol. The van der Waals surface area contributed by atoms with Gasteiger partial charge in [0.2, 0.25) is 0 Å². The van der Waals surface area contributed by atoms with E-state index in [9.17, 15) is 35.4 Å². The minimum absolute atomic E-state index is 0.151. The Morgan fingerprint density at radius 2 is 1.19 bits per heavy atom. The van der Waals surface area contributed by atoms with Crippen molar-refractivity contribution in [2.24, 2.45) is 0 Å². The second-order valence-corrected chi connectivity index (χ2v) is 13.9. The van der Waals surface area contributed by atoms with E-state index < -0.39 is 68.4 Å². The largest absolute Gasteiger partial charge is 0.481 e. The van der Waals surface area contributed by atoms with E-state index >= 15 is 0 Å². The number of carbonyl (C=O) groups is 1. The second kappa shape index (κ2) is 23.3. The van der Waals surface area contributed by atoms with E-state index in [1.54, 1.807) is 0 Å². The van der Waals surface area contributed by atoms with Gasteiger partial charge in [0.1, 0.15) is 24.4 Å². The molecule has 2 fully saturated rings. The molecule has 0 saturated carbocycles. The lowest BCUT2D eigenvalue weighted by molar-refractivity contribution is -0.257. The molecule has 19 heteroatoms. The van der Waals surface area contributed by atoms with E-state index in [0.717, 1.165) is 69.3 Å². The lowest BCUT2D eigenvalue weighted by Crippen LogP contribution is -2.50. The summed E-state index contributed by atoms with van der Waals surface area (Å²) in [7, 11) is 0. The molecule has 302 valence electrons. The summed E-state index contributed by atoms with van der Waals surface area (Å²) in [5, 5.41) is 84.6. The Labute approximate surface area is 309 Å². The molecule has 8 atom stereocenters. The summed E-state index contributed by atoms with van der Waals surface area (Å²) in [5.74, 6) is -0.792. The van der Waals surface area contributed by atoms with Crippen molar-refractivity contribution in [1.82, 2.24) is 34.9 Å². The van der Waals surface area contributed by atoms with Crippen LogP contribution in [-0.4, -0.2) is 159 Å². The first kappa shape index (κ1) is 43.0. The molecule has 0 unspecified atom stereocenters. The van der Waals surface area contributed by atoms with Gasteiger partial charge in [-0.2, -0.15) is 0 Å². The molecule has 2 saturated heterocycles. The number of hydrogen-bond acceptors (Lipinski definition) is 16. The van der Waals surface area contributed by atoms with Crippen LogP contribution in [0.3, 0.4) is 0 Å². The van der Waals surface area contributed by atoms with Gasteiger partial charge in [0.05, 0.1) is 36.8 Å². The zero-order valence-corrected chi connectivity index (χ0v) is 30.4. The number of rotatable bonds is 26. The Morgan fingerprint density at radius 3 is 1.64 bits per heavy atom. The van der Waals surface area contributed by atoms with Crippen molar-refractivity contribution in [2.75, 3.05) is 33.0 Å². The summed E-state index contributed by atoms with van der Waals surface area (Å²) in [6.45, 7) is 3.29. The minimum Gasteiger partial charge on any atom is -0.481 e. The molecule has 0 amide bonds. The van der Waals surface area contributed by atoms with Crippen LogP contribution >= 0.6 is 0 Å². The Morgan fingerprint density at radius 1 is 0.717 bits per heavy atom. The first-order chi connectivity index (χ1) is 25.6. The Kier molecular flexibility index (Phi) is 18.9. The van der Waals surface area contributed by atoms with Crippen molar-refractivity contribution in [1.29, 1.82) is 0 Å². The van der Waals surface area contributed by atoms with Crippen LogP contribution in [0.5, 0.6) is 0 Å². The third-order valence-corrected chi connectivity index (χ3v) is 9.41. The van der Waals surface area contributed by atoms with E-state index in [-0.39, 0.29) is 19.3 Å². The normalized spacial score (nSPS) is 26.4. The smallest absolute Gasteiger partial charge is 0.303 e. The fourth-order valence-electron chi connectivity index (χ4n) is 6.38. The van der Waals surface area contributed by atoms with Crippen LogP contribution in [0.4, 0.5) is 0 Å². The van der Waals surface area contributed by atoms with Gasteiger partial charge in [0.15, 0.2) is 12.6 Å². The summed E-state index contributed by atoms with van der Waals surface area (Å²) >= 11 is 0. The molecule has 0 aromatic carbocycles. The van der Waals surface area contributed by atoms with Crippen LogP contribution in [0, 0.1) is 0 Å². The van der Waals surface area contributed by atoms with Crippen molar-refractivity contribution in [3.05, 3.63) is 23.8 Å². The SMILES string of the molecule is O=C(O)CCCCCN(Cc1cn(CCCCCO[C@H]2C[C@@H](O)[C@@H](O)[C@@H](CO)O2)nn1)Cc1cn(CCCCCO[C@H]2C[C@@H](O)[C@@H](O)[C@@H](CO)O2)nn1. The summed E-state index contributed by atoms with van der Waals surface area (Å²) in [4.78, 5) is 13.2. The predicted octanol–water partition coefficient (Wildman–Crippen LogP) is -0.451. The second-order valence-electron chi connectivity index (χ2n) is 13.9. The molecule has 2 aromatic rings. The molecule has 0 bridgehead atoms. The molecular formula is C34H59N7O12. The number of carboxylic acids is 1. The molecule has 0 spiro atoms. The molecule has 4 rings (SSSR count). The molecule has 2 aliphatic rings. The van der Waals surface area contributed by atoms with Gasteiger partial charge in [0, 0.05) is 71.0 Å². The van der Waals surface area contributed by atoms with Crippen molar-refractivity contribution in [3.63, 3.8) is 0 Å². The van der Waals surface area contributed by atoms with E-state index in [1.807, 2.05) is 21.8 Å². The number of ether oxygens (including phenoxy) is 4. The van der Waals surface area contributed by atoms with Crippen LogP contribution in [-0.2, 0) is 49.9 Å². The molecular weight excluding hydrogens is 698 g/mol. The third-order valence-electron chi connectivity index (χ3n) is 9.41. The van der Waals surface area contributed by atoms with E-state index in [1.165, 1.54) is 0 Å². The fourth-order valence-corrected chi connectivity index (χ4v) is 6.38. The summed E-state index contributed by atoms with van der Waals surface area (Å²) in [5.41, 5.74) is 1.64. The van der Waals surface area contributed by atoms with Gasteiger partial charge in [0.25, 0.3) is 0 Å². The summed E-state index contributed by atoms with van der Waals surface area (Å²) in [6.07, 6.45) is 4.30. The van der Waals surface area contributed by atoms with Crippen LogP contribution in [0.1, 0.15) is 88.4 Å². The number of aryl methyl sites for hydroxylation is 2. The Hall–Kier alpha value is -2.69. The standard InChI is InChI=1S/C34H59N7O12/c42-22-28-33(48)26(44)16-31(52-28)50-14-8-2-6-12-40-20-24(35-37-40)18-39(11-5-1-4-10-30(46)47)19-25-21-41(38-36-25)13-7-3-9-15-51-32-17-27(45)34(49)29(23-43)53-32/h20-21,26-29,31-34,42-45,48-49H,1-19,22-23H2,(H,46,47)/t26-,27-,28-,29-,31-,32-,33-,34-/m1/s1. The van der Waals surface area contributed by atoms with Crippen molar-refractivity contribution < 1.29 is 59.5 Å². The van der Waals surface area contributed by atoms with Gasteiger partial charge in [-0.25, -0.2) is 0 Å². The Bertz CT molecular complexity index is 1220. The molecule has 4 heterocycles. The molecule has 53 heavy (non-hydrogen) atoms. The van der Waals surface area contributed by atoms with Gasteiger partial charge in [-0.1, -0.05) is 16.8 Å². The van der Waals surface area contributed by atoms with Gasteiger partial charge >= 0.3 is 5.97 Å². The van der Waals surface area contributed by atoms with Gasteiger partial charge in [-0.3, -0.25) is 19.1 Å². The average molecular weight is 758 g/mol. The number of nitrogens with zero attached hydrogens (tertiary/aromatic N) is 7. The highest BCUT2D eigenvalue weighted by molar-refractivity contribution is 5.66. The minimum atomic E-state index is -1.12. The van der Waals surface area contributed by atoms with E-state index in [0.29, 0.717) is 45.8 Å². The van der Waals surface area contributed by atoms with Crippen molar-refractivity contribution in [2.45, 2.75) is 152 Å². The van der Waals surface area contributed by atoms with E-state index in [4.69, 9.17) is 24.1 Å². The van der Waals surface area contributed by atoms with E-state index in [2.05, 4.69) is 25.5 Å². The molecule has 2 aromatic heterocycles. The first-order valence-corrected chi connectivity index (χ1v) is 18.9. The van der Waals surface area contributed by atoms with Crippen LogP contribution < -0.4 is 0 Å². The van der Waals surface area contributed by atoms with Gasteiger partial charge < -0.3 is 54.7 Å². The maximum atomic E-state index is 10.9. The predicted molar refractivity (Wildman–Crippen MR) is 185 cm³/mol. The molecule has 0 radical (unpaired) electrons. The topological polar surface area (TPSA) is 260 Å². The molecule has 0 aliphatic carbocycles. The Balaban J connectivity index is 1.15.